The molecule has 0 bridgehead atoms. The molecule has 1 spiro atoms. The molecule has 3 aromatic rings. The number of anilines is 1. The summed E-state index contributed by atoms with van der Waals surface area (Å²) in [5.41, 5.74) is -0.135. The molecular formula is C31H32N2O6S. The molecule has 1 fully saturated rings. The number of rotatable bonds is 5. The summed E-state index contributed by atoms with van der Waals surface area (Å²) in [5, 5.41) is 0. The van der Waals surface area contributed by atoms with Crippen molar-refractivity contribution in [1.82, 2.24) is 4.31 Å². The molecule has 0 radical (unpaired) electrons. The van der Waals surface area contributed by atoms with E-state index in [1.54, 1.807) is 87.5 Å². The van der Waals surface area contributed by atoms with E-state index in [2.05, 4.69) is 0 Å². The van der Waals surface area contributed by atoms with E-state index in [1.807, 2.05) is 6.92 Å². The molecular weight excluding hydrogens is 528 g/mol. The van der Waals surface area contributed by atoms with Crippen molar-refractivity contribution in [1.29, 1.82) is 0 Å². The fraction of sp³-hybridized carbons (Fsp3) is 0.323. The maximum Gasteiger partial charge on any atom is 0.421 e. The molecule has 0 aliphatic carbocycles. The van der Waals surface area contributed by atoms with Crippen LogP contribution in [0.4, 0.5) is 10.5 Å². The van der Waals surface area contributed by atoms with Crippen LogP contribution in [0.25, 0.3) is 0 Å². The van der Waals surface area contributed by atoms with Crippen LogP contribution in [0.1, 0.15) is 55.1 Å². The number of amides is 2. The third kappa shape index (κ3) is 4.63. The summed E-state index contributed by atoms with van der Waals surface area (Å²) in [6, 6.07) is 20.9. The molecule has 5 rings (SSSR count). The lowest BCUT2D eigenvalue weighted by molar-refractivity contribution is -0.123. The molecule has 2 amide bonds. The van der Waals surface area contributed by atoms with Gasteiger partial charge in [0, 0.05) is 18.5 Å². The minimum Gasteiger partial charge on any atom is -0.443 e. The van der Waals surface area contributed by atoms with Gasteiger partial charge in [-0.1, -0.05) is 66.2 Å². The first-order chi connectivity index (χ1) is 18.9. The fourth-order valence-corrected chi connectivity index (χ4v) is 7.38. The van der Waals surface area contributed by atoms with Gasteiger partial charge >= 0.3 is 6.09 Å². The highest BCUT2D eigenvalue weighted by atomic mass is 32.2. The topological polar surface area (TPSA) is 101 Å². The van der Waals surface area contributed by atoms with Crippen LogP contribution < -0.4 is 4.90 Å². The van der Waals surface area contributed by atoms with E-state index in [1.165, 1.54) is 16.4 Å². The van der Waals surface area contributed by atoms with Gasteiger partial charge in [-0.15, -0.1) is 0 Å². The summed E-state index contributed by atoms with van der Waals surface area (Å²) in [7, 11) is -4.09. The molecule has 9 heteroatoms. The largest absolute Gasteiger partial charge is 0.443 e. The number of benzene rings is 3. The lowest BCUT2D eigenvalue weighted by Gasteiger charge is -2.34. The van der Waals surface area contributed by atoms with Crippen molar-refractivity contribution in [2.24, 2.45) is 0 Å². The number of hydrogen-bond donors (Lipinski definition) is 0. The van der Waals surface area contributed by atoms with E-state index in [0.717, 1.165) is 10.5 Å². The highest BCUT2D eigenvalue weighted by Gasteiger charge is 2.64. The summed E-state index contributed by atoms with van der Waals surface area (Å²) in [6.45, 7) is 6.99. The lowest BCUT2D eigenvalue weighted by Crippen LogP contribution is -2.53. The van der Waals surface area contributed by atoms with Crippen molar-refractivity contribution in [3.8, 4) is 0 Å². The van der Waals surface area contributed by atoms with E-state index < -0.39 is 39.1 Å². The Labute approximate surface area is 234 Å². The smallest absolute Gasteiger partial charge is 0.421 e. The number of carbonyl (C=O) groups excluding carboxylic acids is 3. The van der Waals surface area contributed by atoms with Crippen LogP contribution in [0.5, 0.6) is 0 Å². The minimum atomic E-state index is -4.09. The predicted octanol–water partition coefficient (Wildman–Crippen LogP) is 5.25. The molecule has 0 saturated carbocycles. The van der Waals surface area contributed by atoms with Crippen LogP contribution in [0.3, 0.4) is 0 Å². The average Bonchev–Trinajstić information content (AvgIpc) is 3.40. The van der Waals surface area contributed by atoms with Crippen molar-refractivity contribution < 1.29 is 27.5 Å². The number of ketones is 1. The number of hydrogen-bond acceptors (Lipinski definition) is 6. The van der Waals surface area contributed by atoms with E-state index in [4.69, 9.17) is 4.74 Å². The molecule has 8 nitrogen and oxygen atoms in total. The van der Waals surface area contributed by atoms with Gasteiger partial charge in [0.15, 0.2) is 5.78 Å². The van der Waals surface area contributed by atoms with Crippen LogP contribution in [0.15, 0.2) is 83.8 Å². The second-order valence-corrected chi connectivity index (χ2v) is 13.2. The zero-order valence-electron chi connectivity index (χ0n) is 23.0. The number of Topliss-reactive ketones (excluding diaryl/α,β-unsaturated/α-hetero) is 1. The molecule has 1 unspecified atom stereocenters. The van der Waals surface area contributed by atoms with Crippen molar-refractivity contribution in [2.75, 3.05) is 11.4 Å². The third-order valence-electron chi connectivity index (χ3n) is 7.53. The van der Waals surface area contributed by atoms with Gasteiger partial charge in [-0.2, -0.15) is 4.31 Å². The first-order valence-corrected chi connectivity index (χ1v) is 14.6. The van der Waals surface area contributed by atoms with Gasteiger partial charge in [0.1, 0.15) is 5.60 Å². The van der Waals surface area contributed by atoms with Crippen LogP contribution in [0, 0.1) is 6.92 Å². The second kappa shape index (κ2) is 9.98. The Balaban J connectivity index is 1.65. The Morgan fingerprint density at radius 2 is 1.57 bits per heavy atom. The maximum absolute atomic E-state index is 14.4. The molecule has 1 saturated heterocycles. The van der Waals surface area contributed by atoms with Crippen molar-refractivity contribution >= 4 is 33.5 Å². The van der Waals surface area contributed by atoms with E-state index >= 15 is 0 Å². The SMILES string of the molecule is Cc1ccc(S(=O)(=O)N2CC[C@]3(C(=O)N(C(=O)OC(C)(C)C)c4ccccc43)C2CC(=O)c2ccccc2)cc1. The maximum atomic E-state index is 14.4. The number of fused-ring (bicyclic) bond motifs is 2. The van der Waals surface area contributed by atoms with Gasteiger partial charge in [-0.3, -0.25) is 9.59 Å². The van der Waals surface area contributed by atoms with Crippen LogP contribution in [-0.4, -0.2) is 48.7 Å². The van der Waals surface area contributed by atoms with Crippen LogP contribution in [0.2, 0.25) is 0 Å². The van der Waals surface area contributed by atoms with Crippen LogP contribution in [-0.2, 0) is 25.0 Å². The standard InChI is InChI=1S/C31H32N2O6S/c1-21-14-16-23(17-15-21)40(37,38)32-19-18-31(27(32)20-26(34)22-10-6-5-7-11-22)24-12-8-9-13-25(24)33(28(31)35)29(36)39-30(2,3)4/h5-17,27H,18-20H2,1-4H3/t27?,31-/m1/s1. The Morgan fingerprint density at radius 1 is 0.950 bits per heavy atom. The van der Waals surface area contributed by atoms with Gasteiger partial charge < -0.3 is 4.74 Å². The van der Waals surface area contributed by atoms with Crippen LogP contribution >= 0.6 is 0 Å². The fourth-order valence-electron chi connectivity index (χ4n) is 5.70. The number of carbonyl (C=O) groups is 3. The van der Waals surface area contributed by atoms with Gasteiger partial charge in [-0.25, -0.2) is 18.1 Å². The minimum absolute atomic E-state index is 0.00514. The van der Waals surface area contributed by atoms with Crippen molar-refractivity contribution in [3.63, 3.8) is 0 Å². The Kier molecular flexibility index (Phi) is 6.92. The van der Waals surface area contributed by atoms with Gasteiger partial charge in [0.05, 0.1) is 22.0 Å². The number of nitrogens with zero attached hydrogens (tertiary/aromatic N) is 2. The zero-order chi connectivity index (χ0) is 28.9. The second-order valence-electron chi connectivity index (χ2n) is 11.3. The summed E-state index contributed by atoms with van der Waals surface area (Å²) >= 11 is 0. The normalized spacial score (nSPS) is 21.1. The number of para-hydroxylation sites is 1. The molecule has 3 aromatic carbocycles. The molecule has 208 valence electrons. The monoisotopic (exact) mass is 560 g/mol. The summed E-state index contributed by atoms with van der Waals surface area (Å²) in [5.74, 6) is -0.882. The Hall–Kier alpha value is -3.82. The van der Waals surface area contributed by atoms with Gasteiger partial charge in [0.2, 0.25) is 15.9 Å². The molecule has 0 aromatic heterocycles. The zero-order valence-corrected chi connectivity index (χ0v) is 23.8. The highest BCUT2D eigenvalue weighted by molar-refractivity contribution is 7.89. The summed E-state index contributed by atoms with van der Waals surface area (Å²) in [4.78, 5) is 42.4. The van der Waals surface area contributed by atoms with E-state index in [-0.39, 0.29) is 30.1 Å². The molecule has 2 aliphatic rings. The molecule has 2 heterocycles. The summed E-state index contributed by atoms with van der Waals surface area (Å²) < 4.78 is 34.9. The first-order valence-electron chi connectivity index (χ1n) is 13.2. The highest BCUT2D eigenvalue weighted by Crippen LogP contribution is 2.53. The van der Waals surface area contributed by atoms with Gasteiger partial charge in [-0.05, 0) is 57.9 Å². The predicted molar refractivity (Wildman–Crippen MR) is 151 cm³/mol. The number of sulfonamides is 1. The molecule has 0 N–H and O–H groups in total. The Morgan fingerprint density at radius 3 is 2.23 bits per heavy atom. The van der Waals surface area contributed by atoms with Crippen molar-refractivity contribution in [3.05, 3.63) is 95.6 Å². The molecule has 2 atom stereocenters. The molecule has 2 aliphatic heterocycles. The average molecular weight is 561 g/mol. The number of aryl methyl sites for hydroxylation is 1. The number of imide groups is 1. The Bertz CT molecular complexity index is 1580. The number of ether oxygens (including phenoxy) is 1. The van der Waals surface area contributed by atoms with E-state index in [9.17, 15) is 22.8 Å². The lowest BCUT2D eigenvalue weighted by atomic mass is 9.73. The third-order valence-corrected chi connectivity index (χ3v) is 9.45. The first kappa shape index (κ1) is 27.7. The molecule has 40 heavy (non-hydrogen) atoms. The quantitative estimate of drug-likeness (QED) is 0.395. The summed E-state index contributed by atoms with van der Waals surface area (Å²) in [6.07, 6.45) is -0.966. The van der Waals surface area contributed by atoms with Crippen molar-refractivity contribution in [2.45, 2.75) is 62.5 Å². The van der Waals surface area contributed by atoms with Gasteiger partial charge in [0.25, 0.3) is 0 Å². The van der Waals surface area contributed by atoms with E-state index in [0.29, 0.717) is 16.8 Å².